The summed E-state index contributed by atoms with van der Waals surface area (Å²) in [4.78, 5) is 17.1. The highest BCUT2D eigenvalue weighted by molar-refractivity contribution is 6.30. The molecule has 0 spiro atoms. The minimum atomic E-state index is -4.83. The molecule has 1 aromatic heterocycles. The lowest BCUT2D eigenvalue weighted by Gasteiger charge is -2.32. The number of rotatable bonds is 7. The van der Waals surface area contributed by atoms with Gasteiger partial charge in [0.25, 0.3) is 5.91 Å². The highest BCUT2D eigenvalue weighted by Gasteiger charge is 2.38. The molecule has 0 unspecified atom stereocenters. The van der Waals surface area contributed by atoms with Crippen LogP contribution < -0.4 is 15.0 Å². The van der Waals surface area contributed by atoms with Crippen LogP contribution in [-0.4, -0.2) is 29.2 Å². The summed E-state index contributed by atoms with van der Waals surface area (Å²) in [6, 6.07) is 18.5. The summed E-state index contributed by atoms with van der Waals surface area (Å²) in [6.07, 6.45) is -4.53. The van der Waals surface area contributed by atoms with Crippen LogP contribution in [0.4, 0.5) is 13.2 Å². The monoisotopic (exact) mass is 560 g/mol. The summed E-state index contributed by atoms with van der Waals surface area (Å²) in [6.45, 7) is 3.78. The Kier molecular flexibility index (Phi) is 7.19. The lowest BCUT2D eigenvalue weighted by Crippen LogP contribution is -2.53. The average molecular weight is 561 g/mol. The maximum atomic E-state index is 13.0. The summed E-state index contributed by atoms with van der Waals surface area (Å²) in [7, 11) is 0. The molecule has 1 fully saturated rings. The van der Waals surface area contributed by atoms with Gasteiger partial charge in [-0.15, -0.1) is 13.2 Å². The first-order valence-electron chi connectivity index (χ1n) is 12.0. The van der Waals surface area contributed by atoms with Crippen LogP contribution in [-0.2, 0) is 27.3 Å². The van der Waals surface area contributed by atoms with Crippen molar-refractivity contribution < 1.29 is 37.0 Å². The first-order valence-corrected chi connectivity index (χ1v) is 12.3. The summed E-state index contributed by atoms with van der Waals surface area (Å²) in [5.41, 5.74) is 4.16. The summed E-state index contributed by atoms with van der Waals surface area (Å²) < 4.78 is 56.7. The number of nitrogens with one attached hydrogen (secondary N) is 1. The maximum Gasteiger partial charge on any atom is 0.573 e. The van der Waals surface area contributed by atoms with Gasteiger partial charge in [-0.2, -0.15) is 0 Å². The molecule has 1 saturated heterocycles. The van der Waals surface area contributed by atoms with E-state index in [1.807, 2.05) is 35.8 Å². The molecule has 0 bridgehead atoms. The number of halogens is 4. The molecule has 39 heavy (non-hydrogen) atoms. The molecule has 4 aromatic rings. The zero-order valence-corrected chi connectivity index (χ0v) is 21.7. The van der Waals surface area contributed by atoms with Crippen molar-refractivity contribution in [2.75, 3.05) is 6.79 Å². The van der Waals surface area contributed by atoms with Crippen molar-refractivity contribution >= 4 is 28.4 Å². The summed E-state index contributed by atoms with van der Waals surface area (Å²) >= 11 is 5.99. The number of ether oxygens (including phenoxy) is 3. The number of hydrogen-bond acceptors (Lipinski definition) is 5. The Morgan fingerprint density at radius 1 is 1.05 bits per heavy atom. The number of alkyl halides is 3. The van der Waals surface area contributed by atoms with E-state index in [0.29, 0.717) is 46.1 Å². The Hall–Kier alpha value is -3.73. The van der Waals surface area contributed by atoms with Gasteiger partial charge < -0.3 is 18.8 Å². The van der Waals surface area contributed by atoms with Crippen molar-refractivity contribution in [2.45, 2.75) is 38.8 Å². The highest BCUT2D eigenvalue weighted by atomic mass is 35.5. The Morgan fingerprint density at radius 3 is 2.49 bits per heavy atom. The molecule has 1 N–H and O–H groups in total. The van der Waals surface area contributed by atoms with Crippen molar-refractivity contribution in [2.24, 2.45) is 0 Å². The van der Waals surface area contributed by atoms with Gasteiger partial charge in [0, 0.05) is 29.4 Å². The van der Waals surface area contributed by atoms with E-state index >= 15 is 0 Å². The van der Waals surface area contributed by atoms with Crippen molar-refractivity contribution in [1.82, 2.24) is 10.0 Å². The maximum absolute atomic E-state index is 13.0. The minimum Gasteiger partial charge on any atom is -0.455 e. The summed E-state index contributed by atoms with van der Waals surface area (Å²) in [5, 5.41) is 1.17. The van der Waals surface area contributed by atoms with E-state index in [1.165, 1.54) is 12.1 Å². The van der Waals surface area contributed by atoms with Crippen LogP contribution in [0.15, 0.2) is 66.7 Å². The van der Waals surface area contributed by atoms with Gasteiger partial charge in [-0.3, -0.25) is 4.79 Å². The fourth-order valence-electron chi connectivity index (χ4n) is 4.54. The van der Waals surface area contributed by atoms with Crippen LogP contribution in [0.2, 0.25) is 5.02 Å². The van der Waals surface area contributed by atoms with Crippen molar-refractivity contribution in [3.63, 3.8) is 0 Å². The fourth-order valence-corrected chi connectivity index (χ4v) is 4.67. The third-order valence-electron chi connectivity index (χ3n) is 6.46. The number of fused-ring (bicyclic) bond motifs is 1. The van der Waals surface area contributed by atoms with Gasteiger partial charge in [-0.25, -0.2) is 10.3 Å². The Bertz CT molecular complexity index is 1520. The number of carbonyl (C=O) groups is 1. The van der Waals surface area contributed by atoms with E-state index in [0.717, 1.165) is 11.1 Å². The van der Waals surface area contributed by atoms with E-state index in [-0.39, 0.29) is 18.4 Å². The van der Waals surface area contributed by atoms with E-state index in [1.54, 1.807) is 37.3 Å². The molecule has 11 heteroatoms. The number of nitrogens with zero attached hydrogens (tertiary/aromatic N) is 1. The predicted octanol–water partition coefficient (Wildman–Crippen LogP) is 6.68. The number of hydrogen-bond donors (Lipinski definition) is 1. The van der Waals surface area contributed by atoms with Crippen LogP contribution in [0.3, 0.4) is 0 Å². The standard InChI is InChI=1S/C28H24ClF3N2O5/c1-17-25(38-21-8-6-20(29)7-9-21)23-11-10-22(39-28(30,31)32)13-24(23)34(17)15-19-5-3-4-18(12-19)14-27(2)26(35)33-37-16-36-27/h3-13H,14-16H2,1-2H3,(H,33,35)/t27-/m1/s1. The molecule has 5 rings (SSSR count). The van der Waals surface area contributed by atoms with E-state index in [4.69, 9.17) is 25.9 Å². The third-order valence-corrected chi connectivity index (χ3v) is 6.71. The SMILES string of the molecule is Cc1c(Oc2ccc(Cl)cc2)c2ccc(OC(F)(F)F)cc2n1Cc1cccc(C[C@@]2(C)OCONC2=O)c1. The van der Waals surface area contributed by atoms with Gasteiger partial charge in [0.15, 0.2) is 18.1 Å². The van der Waals surface area contributed by atoms with Gasteiger partial charge in [0.2, 0.25) is 0 Å². The quantitative estimate of drug-likeness (QED) is 0.273. The molecule has 2 heterocycles. The number of benzene rings is 3. The smallest absolute Gasteiger partial charge is 0.455 e. The molecule has 7 nitrogen and oxygen atoms in total. The third kappa shape index (κ3) is 5.98. The Labute approximate surface area is 226 Å². The van der Waals surface area contributed by atoms with Crippen LogP contribution in [0.5, 0.6) is 17.2 Å². The molecule has 1 aliphatic rings. The second kappa shape index (κ2) is 10.4. The molecule has 0 radical (unpaired) electrons. The van der Waals surface area contributed by atoms with Crippen LogP contribution in [0.25, 0.3) is 10.9 Å². The largest absolute Gasteiger partial charge is 0.573 e. The second-order valence-electron chi connectivity index (χ2n) is 9.35. The highest BCUT2D eigenvalue weighted by Crippen LogP contribution is 2.39. The van der Waals surface area contributed by atoms with Crippen molar-refractivity contribution in [3.8, 4) is 17.2 Å². The van der Waals surface area contributed by atoms with Crippen LogP contribution in [0, 0.1) is 6.92 Å². The molecule has 0 saturated carbocycles. The normalized spacial score (nSPS) is 17.7. The van der Waals surface area contributed by atoms with Crippen LogP contribution >= 0.6 is 11.6 Å². The topological polar surface area (TPSA) is 71.0 Å². The van der Waals surface area contributed by atoms with Gasteiger partial charge in [-0.1, -0.05) is 35.9 Å². The van der Waals surface area contributed by atoms with Gasteiger partial charge >= 0.3 is 6.36 Å². The van der Waals surface area contributed by atoms with Gasteiger partial charge in [-0.05, 0) is 61.4 Å². The first-order chi connectivity index (χ1) is 18.5. The number of carbonyl (C=O) groups excluding carboxylic acids is 1. The second-order valence-corrected chi connectivity index (χ2v) is 9.79. The van der Waals surface area contributed by atoms with E-state index in [2.05, 4.69) is 10.2 Å². The Balaban J connectivity index is 1.52. The number of aromatic nitrogens is 1. The molecule has 1 aliphatic heterocycles. The summed E-state index contributed by atoms with van der Waals surface area (Å²) in [5.74, 6) is 0.313. The van der Waals surface area contributed by atoms with Crippen molar-refractivity contribution in [3.05, 3.63) is 88.6 Å². The zero-order valence-electron chi connectivity index (χ0n) is 21.0. The number of amides is 1. The van der Waals surface area contributed by atoms with Crippen LogP contribution in [0.1, 0.15) is 23.7 Å². The molecular weight excluding hydrogens is 537 g/mol. The zero-order chi connectivity index (χ0) is 27.8. The molecule has 0 aliphatic carbocycles. The number of hydroxylamine groups is 1. The van der Waals surface area contributed by atoms with E-state index < -0.39 is 12.0 Å². The molecule has 3 aromatic carbocycles. The van der Waals surface area contributed by atoms with Gasteiger partial charge in [0.05, 0.1) is 11.2 Å². The molecule has 1 atom stereocenters. The first kappa shape index (κ1) is 26.9. The lowest BCUT2D eigenvalue weighted by atomic mass is 9.94. The molecule has 204 valence electrons. The Morgan fingerprint density at radius 2 is 1.77 bits per heavy atom. The minimum absolute atomic E-state index is 0.0603. The fraction of sp³-hybridized carbons (Fsp3) is 0.250. The van der Waals surface area contributed by atoms with E-state index in [9.17, 15) is 18.0 Å². The average Bonchev–Trinajstić information content (AvgIpc) is 3.12. The lowest BCUT2D eigenvalue weighted by molar-refractivity contribution is -0.274. The molecule has 1 amide bonds. The van der Waals surface area contributed by atoms with Gasteiger partial charge in [0.1, 0.15) is 11.5 Å². The molecular formula is C28H24ClF3N2O5. The predicted molar refractivity (Wildman–Crippen MR) is 138 cm³/mol. The van der Waals surface area contributed by atoms with Crippen molar-refractivity contribution in [1.29, 1.82) is 0 Å².